The molecule has 0 bridgehead atoms. The predicted octanol–water partition coefficient (Wildman–Crippen LogP) is 6.67. The second-order valence-corrected chi connectivity index (χ2v) is 21.1. The van der Waals surface area contributed by atoms with E-state index >= 15 is 0 Å². The fourth-order valence-corrected chi connectivity index (χ4v) is 17.6. The van der Waals surface area contributed by atoms with E-state index in [-0.39, 0.29) is 5.41 Å². The van der Waals surface area contributed by atoms with E-state index in [4.69, 9.17) is 29.3 Å². The summed E-state index contributed by atoms with van der Waals surface area (Å²) in [4.78, 5) is 0. The van der Waals surface area contributed by atoms with Gasteiger partial charge in [0.05, 0.1) is 7.50 Å². The number of hydrogen-bond acceptors (Lipinski definition) is 0. The first-order chi connectivity index (χ1) is 11.2. The van der Waals surface area contributed by atoms with Gasteiger partial charge in [-0.05, 0) is 50.1 Å². The van der Waals surface area contributed by atoms with Crippen molar-refractivity contribution in [3.63, 3.8) is 0 Å². The van der Waals surface area contributed by atoms with Crippen LogP contribution in [0.2, 0.25) is 12.6 Å². The Kier molecular flexibility index (Phi) is 11.0. The second-order valence-electron chi connectivity index (χ2n) is 6.22. The number of halogens is 2. The molecule has 7 heteroatoms. The molecule has 2 atom stereocenters. The van der Waals surface area contributed by atoms with Crippen LogP contribution < -0.4 is 5.30 Å². The molecule has 0 fully saturated rings. The van der Waals surface area contributed by atoms with Crippen molar-refractivity contribution >= 4 is 57.9 Å². The van der Waals surface area contributed by atoms with Gasteiger partial charge in [0, 0.05) is 5.41 Å². The zero-order chi connectivity index (χ0) is 18.3. The third-order valence-electron chi connectivity index (χ3n) is 4.45. The molecule has 0 radical (unpaired) electrons. The zero-order valence-corrected chi connectivity index (χ0v) is 22.5. The van der Waals surface area contributed by atoms with Gasteiger partial charge in [0.2, 0.25) is 0 Å². The molecular weight excluding hydrogens is 490 g/mol. The fraction of sp³-hybridized carbons (Fsp3) is 0.412. The second kappa shape index (κ2) is 11.3. The normalized spacial score (nSPS) is 20.8. The molecule has 0 aromatic heterocycles. The van der Waals surface area contributed by atoms with E-state index in [9.17, 15) is 0 Å². The van der Waals surface area contributed by atoms with Gasteiger partial charge in [0.25, 0.3) is 0 Å². The molecule has 0 amide bonds. The van der Waals surface area contributed by atoms with Gasteiger partial charge >= 0.3 is 37.9 Å². The van der Waals surface area contributed by atoms with Gasteiger partial charge in [0.1, 0.15) is 0 Å². The Morgan fingerprint density at radius 1 is 1.21 bits per heavy atom. The molecule has 1 aromatic rings. The van der Waals surface area contributed by atoms with Gasteiger partial charge in [-0.1, -0.05) is 54.5 Å². The Hall–Kier alpha value is 1.38. The van der Waals surface area contributed by atoms with Gasteiger partial charge in [0.15, 0.2) is 0 Å². The Morgan fingerprint density at radius 2 is 1.75 bits per heavy atom. The Balaban J connectivity index is 0.000000891. The zero-order valence-electron chi connectivity index (χ0n) is 14.8. The van der Waals surface area contributed by atoms with Crippen LogP contribution in [-0.2, 0) is 30.8 Å². The Labute approximate surface area is 176 Å². The summed E-state index contributed by atoms with van der Waals surface area (Å²) < 4.78 is 0. The number of benzene rings is 1. The molecule has 1 aliphatic rings. The van der Waals surface area contributed by atoms with Crippen molar-refractivity contribution in [3.05, 3.63) is 53.1 Å². The minimum absolute atomic E-state index is 0.275. The summed E-state index contributed by atoms with van der Waals surface area (Å²) in [6.45, 7) is 11.7. The summed E-state index contributed by atoms with van der Waals surface area (Å²) in [5, 5.41) is 1.42. The molecule has 0 nitrogen and oxygen atoms in total. The SMILES string of the molecule is CC1=CC(C)(C[Si](C)=S=[PH](S)c2ccccc2)C(C)=C1C.[Cl][Zr][Cl]. The summed E-state index contributed by atoms with van der Waals surface area (Å²) >= 11 is 4.08. The van der Waals surface area contributed by atoms with E-state index in [1.54, 1.807) is 5.57 Å². The van der Waals surface area contributed by atoms with Crippen molar-refractivity contribution in [3.8, 4) is 0 Å². The minimum atomic E-state index is -0.826. The van der Waals surface area contributed by atoms with E-state index in [2.05, 4.69) is 80.6 Å². The number of thiol groups is 1. The molecule has 0 saturated carbocycles. The van der Waals surface area contributed by atoms with Crippen molar-refractivity contribution in [2.45, 2.75) is 40.3 Å². The van der Waals surface area contributed by atoms with E-state index in [0.717, 1.165) is 0 Å². The quantitative estimate of drug-likeness (QED) is 0.260. The third-order valence-corrected chi connectivity index (χ3v) is 17.9. The van der Waals surface area contributed by atoms with Gasteiger partial charge in [-0.25, -0.2) is 0 Å². The van der Waals surface area contributed by atoms with E-state index in [1.807, 2.05) is 0 Å². The van der Waals surface area contributed by atoms with Gasteiger partial charge in [-0.15, -0.1) is 12.2 Å². The fourth-order valence-electron chi connectivity index (χ4n) is 2.96. The average Bonchev–Trinajstić information content (AvgIpc) is 2.72. The van der Waals surface area contributed by atoms with Gasteiger partial charge in [-0.3, -0.25) is 0 Å². The molecule has 1 aliphatic carbocycles. The van der Waals surface area contributed by atoms with Crippen molar-refractivity contribution in [1.82, 2.24) is 0 Å². The molecule has 0 spiro atoms. The standard InChI is InChI=1S/C17H25PS2Si.2ClH.Zr/c1-13-11-17(4,15(3)14(13)2)12-21(5)20-18(19)16-9-7-6-8-10-16;;;/h6-11,18-19H,12H2,1-5H3;2*1H;/q;;;+2/p-2. The van der Waals surface area contributed by atoms with Gasteiger partial charge < -0.3 is 0 Å². The molecule has 24 heavy (non-hydrogen) atoms. The molecule has 0 heterocycles. The van der Waals surface area contributed by atoms with E-state index < -0.39 is 34.3 Å². The molecule has 2 unspecified atom stereocenters. The third kappa shape index (κ3) is 6.84. The number of allylic oxidation sites excluding steroid dienone is 4. The van der Waals surface area contributed by atoms with Crippen LogP contribution in [0.3, 0.4) is 0 Å². The molecule has 0 aliphatic heterocycles. The van der Waals surface area contributed by atoms with Crippen LogP contribution in [-0.4, -0.2) is 7.50 Å². The average molecular weight is 515 g/mol. The van der Waals surface area contributed by atoms with E-state index in [0.29, 0.717) is 0 Å². The molecule has 2 rings (SSSR count). The van der Waals surface area contributed by atoms with Crippen LogP contribution in [0.25, 0.3) is 0 Å². The predicted molar refractivity (Wildman–Crippen MR) is 119 cm³/mol. The summed E-state index contributed by atoms with van der Waals surface area (Å²) in [7, 11) is 11.6. The van der Waals surface area contributed by atoms with Crippen LogP contribution in [0.1, 0.15) is 27.7 Å². The summed E-state index contributed by atoms with van der Waals surface area (Å²) in [5.74, 6) is -0.758. The molecule has 0 N–H and O–H groups in total. The van der Waals surface area contributed by atoms with Crippen molar-refractivity contribution in [1.29, 1.82) is 0 Å². The summed E-state index contributed by atoms with van der Waals surface area (Å²) in [6, 6.07) is 12.1. The van der Waals surface area contributed by atoms with Crippen LogP contribution in [0.4, 0.5) is 0 Å². The van der Waals surface area contributed by atoms with Crippen molar-refractivity contribution in [2.24, 2.45) is 5.41 Å². The number of rotatable bonds is 3. The van der Waals surface area contributed by atoms with Crippen LogP contribution in [0.15, 0.2) is 53.1 Å². The van der Waals surface area contributed by atoms with Crippen LogP contribution >= 0.6 is 35.2 Å². The summed E-state index contributed by atoms with van der Waals surface area (Å²) in [6.07, 6.45) is 2.49. The van der Waals surface area contributed by atoms with Crippen molar-refractivity contribution in [2.75, 3.05) is 0 Å². The molecular formula is C17H25Cl2PS2SiZr. The molecule has 0 saturated heterocycles. The van der Waals surface area contributed by atoms with E-state index in [1.165, 1.54) is 22.5 Å². The van der Waals surface area contributed by atoms with Crippen molar-refractivity contribution < 1.29 is 20.8 Å². The first kappa shape index (κ1) is 23.4. The maximum absolute atomic E-state index is 4.93. The molecule has 1 aromatic carbocycles. The summed E-state index contributed by atoms with van der Waals surface area (Å²) in [5.41, 5.74) is 4.81. The van der Waals surface area contributed by atoms with Crippen LogP contribution in [0.5, 0.6) is 0 Å². The van der Waals surface area contributed by atoms with Crippen LogP contribution in [0, 0.1) is 5.41 Å². The van der Waals surface area contributed by atoms with Gasteiger partial charge in [-0.2, -0.15) is 9.94 Å². The maximum atomic E-state index is 4.93. The Bertz CT molecular complexity index is 713. The first-order valence-corrected chi connectivity index (χ1v) is 21.3. The first-order valence-electron chi connectivity index (χ1n) is 7.70. The monoisotopic (exact) mass is 512 g/mol. The Morgan fingerprint density at radius 3 is 2.21 bits per heavy atom. The number of hydrogen-bond donors (Lipinski definition) is 1. The molecule has 132 valence electrons. The topological polar surface area (TPSA) is 0 Å².